The second kappa shape index (κ2) is 8.08. The van der Waals surface area contributed by atoms with E-state index in [0.717, 1.165) is 44.5 Å². The standard InChI is InChI=1S/C18H26N2O2/c1-3-11-19-18(22)14(2)20-12-9-16(10-13-20)17(21)15-7-5-4-6-8-15/h4-8,14,16H,3,9-13H2,1-2H3,(H,19,22). The Kier molecular flexibility index (Phi) is 6.13. The van der Waals surface area contributed by atoms with Gasteiger partial charge in [-0.15, -0.1) is 0 Å². The van der Waals surface area contributed by atoms with Crippen molar-refractivity contribution in [2.75, 3.05) is 19.6 Å². The lowest BCUT2D eigenvalue weighted by atomic mass is 9.88. The third-order valence-corrected chi connectivity index (χ3v) is 4.44. The van der Waals surface area contributed by atoms with E-state index >= 15 is 0 Å². The molecule has 1 fully saturated rings. The molecule has 0 saturated carbocycles. The zero-order chi connectivity index (χ0) is 15.9. The number of carbonyl (C=O) groups is 2. The average molecular weight is 302 g/mol. The molecule has 0 radical (unpaired) electrons. The van der Waals surface area contributed by atoms with E-state index in [-0.39, 0.29) is 23.7 Å². The number of piperidine rings is 1. The van der Waals surface area contributed by atoms with Crippen LogP contribution in [0, 0.1) is 5.92 Å². The zero-order valence-corrected chi connectivity index (χ0v) is 13.5. The van der Waals surface area contributed by atoms with Crippen LogP contribution in [0.2, 0.25) is 0 Å². The van der Waals surface area contributed by atoms with Crippen LogP contribution in [0.4, 0.5) is 0 Å². The lowest BCUT2D eigenvalue weighted by Gasteiger charge is -2.34. The maximum atomic E-state index is 12.5. The molecular formula is C18H26N2O2. The molecule has 1 N–H and O–H groups in total. The van der Waals surface area contributed by atoms with Gasteiger partial charge in [0.25, 0.3) is 0 Å². The summed E-state index contributed by atoms with van der Waals surface area (Å²) in [5.41, 5.74) is 0.801. The van der Waals surface area contributed by atoms with Crippen LogP contribution in [0.15, 0.2) is 30.3 Å². The summed E-state index contributed by atoms with van der Waals surface area (Å²) in [6.45, 7) is 6.34. The van der Waals surface area contributed by atoms with Gasteiger partial charge < -0.3 is 5.32 Å². The molecule has 1 heterocycles. The molecule has 1 aliphatic rings. The van der Waals surface area contributed by atoms with Crippen molar-refractivity contribution in [1.82, 2.24) is 10.2 Å². The number of rotatable bonds is 6. The number of hydrogen-bond donors (Lipinski definition) is 1. The average Bonchev–Trinajstić information content (AvgIpc) is 2.59. The number of amides is 1. The zero-order valence-electron chi connectivity index (χ0n) is 13.5. The summed E-state index contributed by atoms with van der Waals surface area (Å²) in [4.78, 5) is 26.7. The fraction of sp³-hybridized carbons (Fsp3) is 0.556. The predicted octanol–water partition coefficient (Wildman–Crippen LogP) is 2.50. The summed E-state index contributed by atoms with van der Waals surface area (Å²) >= 11 is 0. The second-order valence-electron chi connectivity index (χ2n) is 6.01. The van der Waals surface area contributed by atoms with E-state index in [9.17, 15) is 9.59 Å². The summed E-state index contributed by atoms with van der Waals surface area (Å²) in [5, 5.41) is 2.94. The number of likely N-dealkylation sites (tertiary alicyclic amines) is 1. The molecule has 0 aliphatic carbocycles. The summed E-state index contributed by atoms with van der Waals surface area (Å²) in [5.74, 6) is 0.419. The number of ketones is 1. The van der Waals surface area contributed by atoms with Crippen molar-refractivity contribution in [2.24, 2.45) is 5.92 Å². The van der Waals surface area contributed by atoms with Gasteiger partial charge in [-0.25, -0.2) is 0 Å². The third-order valence-electron chi connectivity index (χ3n) is 4.44. The van der Waals surface area contributed by atoms with Gasteiger partial charge in [0, 0.05) is 18.0 Å². The highest BCUT2D eigenvalue weighted by Crippen LogP contribution is 2.23. The van der Waals surface area contributed by atoms with Crippen molar-refractivity contribution in [1.29, 1.82) is 0 Å². The molecule has 120 valence electrons. The molecule has 0 aromatic heterocycles. The van der Waals surface area contributed by atoms with Crippen molar-refractivity contribution >= 4 is 11.7 Å². The van der Waals surface area contributed by atoms with Gasteiger partial charge in [0.15, 0.2) is 5.78 Å². The number of benzene rings is 1. The number of Topliss-reactive ketones (excluding diaryl/α,β-unsaturated/α-hetero) is 1. The first kappa shape index (κ1) is 16.7. The first-order valence-electron chi connectivity index (χ1n) is 8.24. The Morgan fingerprint density at radius 3 is 2.45 bits per heavy atom. The minimum atomic E-state index is -0.112. The topological polar surface area (TPSA) is 49.4 Å². The Morgan fingerprint density at radius 1 is 1.23 bits per heavy atom. The number of carbonyl (C=O) groups excluding carboxylic acids is 2. The van der Waals surface area contributed by atoms with Gasteiger partial charge in [-0.05, 0) is 39.3 Å². The molecule has 1 atom stereocenters. The van der Waals surface area contributed by atoms with E-state index in [1.165, 1.54) is 0 Å². The minimum absolute atomic E-state index is 0.0875. The van der Waals surface area contributed by atoms with Crippen LogP contribution >= 0.6 is 0 Å². The highest BCUT2D eigenvalue weighted by molar-refractivity contribution is 5.97. The van der Waals surface area contributed by atoms with Crippen molar-refractivity contribution < 1.29 is 9.59 Å². The Hall–Kier alpha value is -1.68. The van der Waals surface area contributed by atoms with Crippen molar-refractivity contribution in [3.63, 3.8) is 0 Å². The molecule has 4 nitrogen and oxygen atoms in total. The van der Waals surface area contributed by atoms with E-state index in [1.54, 1.807) is 0 Å². The van der Waals surface area contributed by atoms with Gasteiger partial charge in [0.1, 0.15) is 0 Å². The molecule has 4 heteroatoms. The molecule has 0 bridgehead atoms. The number of nitrogens with zero attached hydrogens (tertiary/aromatic N) is 1. The fourth-order valence-electron chi connectivity index (χ4n) is 2.95. The van der Waals surface area contributed by atoms with E-state index in [1.807, 2.05) is 44.2 Å². The van der Waals surface area contributed by atoms with Crippen LogP contribution in [0.1, 0.15) is 43.5 Å². The molecule has 2 rings (SSSR count). The highest BCUT2D eigenvalue weighted by Gasteiger charge is 2.29. The molecule has 1 aromatic carbocycles. The van der Waals surface area contributed by atoms with Gasteiger partial charge in [-0.2, -0.15) is 0 Å². The van der Waals surface area contributed by atoms with E-state index in [2.05, 4.69) is 10.2 Å². The summed E-state index contributed by atoms with van der Waals surface area (Å²) in [6.07, 6.45) is 2.62. The summed E-state index contributed by atoms with van der Waals surface area (Å²) < 4.78 is 0. The first-order valence-corrected chi connectivity index (χ1v) is 8.24. The third kappa shape index (κ3) is 4.17. The Morgan fingerprint density at radius 2 is 1.86 bits per heavy atom. The van der Waals surface area contributed by atoms with E-state index in [4.69, 9.17) is 0 Å². The van der Waals surface area contributed by atoms with Crippen molar-refractivity contribution in [2.45, 2.75) is 39.2 Å². The highest BCUT2D eigenvalue weighted by atomic mass is 16.2. The lowest BCUT2D eigenvalue weighted by molar-refractivity contribution is -0.126. The quantitative estimate of drug-likeness (QED) is 0.821. The van der Waals surface area contributed by atoms with E-state index < -0.39 is 0 Å². The maximum absolute atomic E-state index is 12.5. The SMILES string of the molecule is CCCNC(=O)C(C)N1CCC(C(=O)c2ccccc2)CC1. The largest absolute Gasteiger partial charge is 0.355 e. The van der Waals surface area contributed by atoms with Gasteiger partial charge in [-0.1, -0.05) is 37.3 Å². The van der Waals surface area contributed by atoms with Crippen LogP contribution in [0.5, 0.6) is 0 Å². The van der Waals surface area contributed by atoms with Crippen LogP contribution in [0.25, 0.3) is 0 Å². The molecule has 1 saturated heterocycles. The van der Waals surface area contributed by atoms with Gasteiger partial charge in [0.05, 0.1) is 6.04 Å². The molecule has 1 aromatic rings. The van der Waals surface area contributed by atoms with Crippen molar-refractivity contribution in [3.05, 3.63) is 35.9 Å². The Balaban J connectivity index is 1.85. The minimum Gasteiger partial charge on any atom is -0.355 e. The summed E-state index contributed by atoms with van der Waals surface area (Å²) in [6, 6.07) is 9.39. The van der Waals surface area contributed by atoms with Gasteiger partial charge in [-0.3, -0.25) is 14.5 Å². The Bertz CT molecular complexity index is 493. The first-order chi connectivity index (χ1) is 10.6. The van der Waals surface area contributed by atoms with Crippen LogP contribution in [-0.2, 0) is 4.79 Å². The van der Waals surface area contributed by atoms with Crippen LogP contribution in [-0.4, -0.2) is 42.3 Å². The smallest absolute Gasteiger partial charge is 0.237 e. The number of hydrogen-bond acceptors (Lipinski definition) is 3. The number of nitrogens with one attached hydrogen (secondary N) is 1. The van der Waals surface area contributed by atoms with Gasteiger partial charge in [0.2, 0.25) is 5.91 Å². The molecule has 0 spiro atoms. The fourth-order valence-corrected chi connectivity index (χ4v) is 2.95. The molecule has 1 unspecified atom stereocenters. The van der Waals surface area contributed by atoms with E-state index in [0.29, 0.717) is 0 Å². The molecular weight excluding hydrogens is 276 g/mol. The molecule has 22 heavy (non-hydrogen) atoms. The predicted molar refractivity (Wildman–Crippen MR) is 87.8 cm³/mol. The lowest BCUT2D eigenvalue weighted by Crippen LogP contribution is -2.49. The van der Waals surface area contributed by atoms with Crippen LogP contribution in [0.3, 0.4) is 0 Å². The Labute approximate surface area is 132 Å². The summed E-state index contributed by atoms with van der Waals surface area (Å²) in [7, 11) is 0. The second-order valence-corrected chi connectivity index (χ2v) is 6.01. The molecule has 1 aliphatic heterocycles. The van der Waals surface area contributed by atoms with Crippen molar-refractivity contribution in [3.8, 4) is 0 Å². The monoisotopic (exact) mass is 302 g/mol. The van der Waals surface area contributed by atoms with Crippen LogP contribution < -0.4 is 5.32 Å². The molecule has 1 amide bonds. The normalized spacial score (nSPS) is 17.9. The van der Waals surface area contributed by atoms with Gasteiger partial charge >= 0.3 is 0 Å². The maximum Gasteiger partial charge on any atom is 0.237 e.